The van der Waals surface area contributed by atoms with Crippen molar-refractivity contribution >= 4 is 27.3 Å². The van der Waals surface area contributed by atoms with Gasteiger partial charge in [0, 0.05) is 33.7 Å². The Kier molecular flexibility index (Phi) is 7.44. The Morgan fingerprint density at radius 2 is 1.86 bits per heavy atom. The molecular weight excluding hydrogens is 413 g/mol. The number of halogens is 3. The van der Waals surface area contributed by atoms with Crippen molar-refractivity contribution in [3.05, 3.63) is 52.9 Å². The molecule has 0 atom stereocenters. The average Bonchev–Trinajstić information content (AvgIpc) is 3.17. The molecule has 0 bridgehead atoms. The zero-order valence-corrected chi connectivity index (χ0v) is 17.0. The monoisotopic (exact) mass is 434 g/mol. The fourth-order valence-corrected chi connectivity index (χ4v) is 4.45. The third-order valence-electron chi connectivity index (χ3n) is 3.73. The Balaban J connectivity index is 1.84. The van der Waals surface area contributed by atoms with Crippen LogP contribution < -0.4 is 10.0 Å². The topological polar surface area (TPSA) is 73.8 Å². The number of hydrogen-bond donors (Lipinski definition) is 2. The molecule has 0 spiro atoms. The van der Waals surface area contributed by atoms with Crippen LogP contribution in [0.15, 0.2) is 51.0 Å². The van der Waals surface area contributed by atoms with Gasteiger partial charge >= 0.3 is 6.18 Å². The zero-order valence-electron chi connectivity index (χ0n) is 15.3. The average molecular weight is 435 g/mol. The summed E-state index contributed by atoms with van der Waals surface area (Å²) in [7, 11) is -0.214. The first-order valence-corrected chi connectivity index (χ1v) is 10.6. The zero-order chi connectivity index (χ0) is 20.8. The minimum atomic E-state index is -4.36. The molecule has 154 valence electrons. The lowest BCUT2D eigenvalue weighted by molar-refractivity contribution is -0.137. The highest BCUT2D eigenvalue weighted by atomic mass is 32.2. The molecular formula is C17H21F3N4O2S2. The van der Waals surface area contributed by atoms with Crippen molar-refractivity contribution in [2.75, 3.05) is 27.2 Å². The van der Waals surface area contributed by atoms with Crippen LogP contribution in [0.4, 0.5) is 13.2 Å². The smallest absolute Gasteiger partial charge is 0.355 e. The first-order valence-electron chi connectivity index (χ1n) is 8.24. The van der Waals surface area contributed by atoms with Gasteiger partial charge in [0.25, 0.3) is 0 Å². The molecule has 11 heteroatoms. The van der Waals surface area contributed by atoms with E-state index >= 15 is 0 Å². The van der Waals surface area contributed by atoms with Crippen LogP contribution in [0.3, 0.4) is 0 Å². The summed E-state index contributed by atoms with van der Waals surface area (Å²) in [5, 5.41) is 4.70. The normalized spacial score (nSPS) is 12.8. The number of rotatable bonds is 7. The van der Waals surface area contributed by atoms with E-state index in [1.807, 2.05) is 0 Å². The van der Waals surface area contributed by atoms with Crippen LogP contribution in [-0.2, 0) is 22.7 Å². The van der Waals surface area contributed by atoms with E-state index in [-0.39, 0.29) is 10.8 Å². The lowest BCUT2D eigenvalue weighted by Crippen LogP contribution is -2.42. The molecule has 0 radical (unpaired) electrons. The van der Waals surface area contributed by atoms with Crippen LogP contribution in [0.25, 0.3) is 0 Å². The number of thiophene rings is 1. The number of nitrogens with one attached hydrogen (secondary N) is 2. The predicted octanol–water partition coefficient (Wildman–Crippen LogP) is 2.75. The van der Waals surface area contributed by atoms with E-state index in [1.165, 1.54) is 18.2 Å². The van der Waals surface area contributed by atoms with Crippen molar-refractivity contribution in [3.8, 4) is 0 Å². The first kappa shape index (κ1) is 22.2. The third-order valence-corrected chi connectivity index (χ3v) is 6.59. The Morgan fingerprint density at radius 1 is 1.18 bits per heavy atom. The molecule has 0 fully saturated rings. The van der Waals surface area contributed by atoms with Crippen LogP contribution in [0.1, 0.15) is 11.1 Å². The molecule has 0 saturated heterocycles. The minimum absolute atomic E-state index is 0.160. The molecule has 1 heterocycles. The fourth-order valence-electron chi connectivity index (χ4n) is 2.38. The van der Waals surface area contributed by atoms with E-state index in [4.69, 9.17) is 0 Å². The van der Waals surface area contributed by atoms with Gasteiger partial charge in [-0.05, 0) is 29.1 Å². The molecule has 0 unspecified atom stereocenters. The minimum Gasteiger partial charge on any atom is -0.355 e. The van der Waals surface area contributed by atoms with E-state index in [0.29, 0.717) is 24.6 Å². The van der Waals surface area contributed by atoms with E-state index < -0.39 is 21.8 Å². The highest BCUT2D eigenvalue weighted by molar-refractivity contribution is 7.91. The molecule has 6 nitrogen and oxygen atoms in total. The maximum Gasteiger partial charge on any atom is 0.416 e. The molecule has 0 saturated carbocycles. The van der Waals surface area contributed by atoms with Crippen LogP contribution in [0.5, 0.6) is 0 Å². The van der Waals surface area contributed by atoms with Gasteiger partial charge in [-0.2, -0.15) is 13.2 Å². The van der Waals surface area contributed by atoms with Gasteiger partial charge < -0.3 is 10.2 Å². The predicted molar refractivity (Wildman–Crippen MR) is 104 cm³/mol. The molecule has 0 amide bonds. The van der Waals surface area contributed by atoms with Gasteiger partial charge in [0.1, 0.15) is 4.21 Å². The number of hydrogen-bond acceptors (Lipinski definition) is 4. The van der Waals surface area contributed by atoms with E-state index in [0.717, 1.165) is 23.5 Å². The summed E-state index contributed by atoms with van der Waals surface area (Å²) in [6.45, 7) is 0.806. The molecule has 2 N–H and O–H groups in total. The van der Waals surface area contributed by atoms with Gasteiger partial charge in [-0.15, -0.1) is 11.3 Å². The lowest BCUT2D eigenvalue weighted by atomic mass is 10.1. The molecule has 1 aromatic carbocycles. The molecule has 0 aliphatic heterocycles. The van der Waals surface area contributed by atoms with Gasteiger partial charge in [-0.25, -0.2) is 13.1 Å². The molecule has 0 aliphatic rings. The molecule has 2 rings (SSSR count). The van der Waals surface area contributed by atoms with Crippen molar-refractivity contribution in [2.24, 2.45) is 4.99 Å². The third kappa shape index (κ3) is 6.21. The number of guanidine groups is 1. The van der Waals surface area contributed by atoms with Gasteiger partial charge in [0.05, 0.1) is 5.56 Å². The van der Waals surface area contributed by atoms with Crippen molar-refractivity contribution in [2.45, 2.75) is 16.9 Å². The van der Waals surface area contributed by atoms with Crippen LogP contribution >= 0.6 is 11.3 Å². The van der Waals surface area contributed by atoms with Gasteiger partial charge in [-0.1, -0.05) is 18.2 Å². The second-order valence-corrected chi connectivity index (χ2v) is 8.80. The number of alkyl halides is 3. The van der Waals surface area contributed by atoms with Gasteiger partial charge in [0.15, 0.2) is 5.96 Å². The summed E-state index contributed by atoms with van der Waals surface area (Å²) in [5.41, 5.74) is -0.00344. The van der Waals surface area contributed by atoms with E-state index in [9.17, 15) is 21.6 Å². The fraction of sp³-hybridized carbons (Fsp3) is 0.353. The maximum absolute atomic E-state index is 12.6. The molecule has 28 heavy (non-hydrogen) atoms. The summed E-state index contributed by atoms with van der Waals surface area (Å²) < 4.78 is 64.7. The largest absolute Gasteiger partial charge is 0.416 e. The Hall–Kier alpha value is -2.11. The quantitative estimate of drug-likeness (QED) is 0.399. The molecule has 0 aliphatic carbocycles. The Morgan fingerprint density at radius 3 is 2.39 bits per heavy atom. The summed E-state index contributed by atoms with van der Waals surface area (Å²) in [6, 6.07) is 8.10. The number of aliphatic imine (C=N–C) groups is 1. The van der Waals surface area contributed by atoms with E-state index in [1.54, 1.807) is 30.4 Å². The summed E-state index contributed by atoms with van der Waals surface area (Å²) in [4.78, 5) is 5.83. The van der Waals surface area contributed by atoms with Gasteiger partial charge in [0.2, 0.25) is 10.0 Å². The summed E-state index contributed by atoms with van der Waals surface area (Å²) in [6.07, 6.45) is -4.36. The highest BCUT2D eigenvalue weighted by Gasteiger charge is 2.29. The Labute approximate surface area is 166 Å². The van der Waals surface area contributed by atoms with Crippen LogP contribution in [0.2, 0.25) is 0 Å². The number of benzene rings is 1. The summed E-state index contributed by atoms with van der Waals surface area (Å²) in [5.74, 6) is 0.496. The van der Waals surface area contributed by atoms with Gasteiger partial charge in [-0.3, -0.25) is 4.99 Å². The standard InChI is InChI=1S/C17H21F3N4O2S2/c1-21-16(22-9-10-23-28(25,26)15-4-3-11-27-15)24(2)12-13-5-7-14(8-6-13)17(18,19)20/h3-8,11,23H,9-10,12H2,1-2H3,(H,21,22). The molecule has 1 aromatic heterocycles. The number of sulfonamides is 1. The summed E-state index contributed by atoms with van der Waals surface area (Å²) >= 11 is 1.13. The second-order valence-electron chi connectivity index (χ2n) is 5.85. The lowest BCUT2D eigenvalue weighted by Gasteiger charge is -2.22. The van der Waals surface area contributed by atoms with Crippen molar-refractivity contribution in [3.63, 3.8) is 0 Å². The van der Waals surface area contributed by atoms with Crippen LogP contribution in [0, 0.1) is 0 Å². The van der Waals surface area contributed by atoms with Crippen molar-refractivity contribution in [1.29, 1.82) is 0 Å². The van der Waals surface area contributed by atoms with Crippen LogP contribution in [-0.4, -0.2) is 46.5 Å². The molecule has 2 aromatic rings. The Bertz CT molecular complexity index is 880. The highest BCUT2D eigenvalue weighted by Crippen LogP contribution is 2.29. The van der Waals surface area contributed by atoms with Crippen molar-refractivity contribution in [1.82, 2.24) is 14.9 Å². The maximum atomic E-state index is 12.6. The second kappa shape index (κ2) is 9.39. The van der Waals surface area contributed by atoms with E-state index in [2.05, 4.69) is 15.0 Å². The first-order chi connectivity index (χ1) is 13.1. The SMILES string of the molecule is CN=C(NCCNS(=O)(=O)c1cccs1)N(C)Cc1ccc(C(F)(F)F)cc1. The number of nitrogens with zero attached hydrogens (tertiary/aromatic N) is 2. The van der Waals surface area contributed by atoms with Crippen molar-refractivity contribution < 1.29 is 21.6 Å².